The van der Waals surface area contributed by atoms with E-state index in [1.54, 1.807) is 12.1 Å². The number of piperazine rings is 1. The molecule has 2 N–H and O–H groups in total. The quantitative estimate of drug-likeness (QED) is 0.675. The molecular formula is C27H31FN4O3. The minimum atomic E-state index is -0.507. The third kappa shape index (κ3) is 4.23. The molecule has 8 heteroatoms. The molecule has 5 unspecified atom stereocenters. The zero-order valence-corrected chi connectivity index (χ0v) is 19.9. The van der Waals surface area contributed by atoms with E-state index in [1.165, 1.54) is 12.5 Å². The molecule has 2 aliphatic carbocycles. The smallest absolute Gasteiger partial charge is 0.271 e. The number of hydrogen-bond donors (Lipinski definition) is 2. The molecule has 1 aromatic carbocycles. The van der Waals surface area contributed by atoms with E-state index in [2.05, 4.69) is 22.4 Å². The maximum Gasteiger partial charge on any atom is 0.271 e. The van der Waals surface area contributed by atoms with E-state index in [0.717, 1.165) is 36.6 Å². The van der Waals surface area contributed by atoms with Gasteiger partial charge in [-0.3, -0.25) is 9.59 Å². The van der Waals surface area contributed by atoms with Gasteiger partial charge in [0, 0.05) is 42.0 Å². The highest BCUT2D eigenvalue weighted by Crippen LogP contribution is 2.31. The summed E-state index contributed by atoms with van der Waals surface area (Å²) in [6.45, 7) is 3.58. The molecule has 2 aromatic rings. The van der Waals surface area contributed by atoms with Crippen molar-refractivity contribution in [2.75, 3.05) is 13.1 Å². The predicted octanol–water partition coefficient (Wildman–Crippen LogP) is 1.22. The molecule has 7 rings (SSSR count). The Balaban J connectivity index is 1.29. The third-order valence-electron chi connectivity index (χ3n) is 8.18. The molecule has 1 aromatic heterocycles. The molecule has 5 atom stereocenters. The van der Waals surface area contributed by atoms with Gasteiger partial charge in [-0.05, 0) is 61.8 Å². The molecule has 1 saturated carbocycles. The van der Waals surface area contributed by atoms with Gasteiger partial charge in [0.1, 0.15) is 5.82 Å². The van der Waals surface area contributed by atoms with Crippen LogP contribution < -0.4 is 21.3 Å². The van der Waals surface area contributed by atoms with Gasteiger partial charge >= 0.3 is 0 Å². The summed E-state index contributed by atoms with van der Waals surface area (Å²) in [4.78, 5) is 27.5. The van der Waals surface area contributed by atoms with Gasteiger partial charge in [-0.25, -0.2) is 9.49 Å². The fourth-order valence-electron chi connectivity index (χ4n) is 5.84. The molecule has 1 amide bonds. The van der Waals surface area contributed by atoms with E-state index >= 15 is 0 Å². The first-order valence-electron chi connectivity index (χ1n) is 12.7. The lowest BCUT2D eigenvalue weighted by Gasteiger charge is -2.46. The van der Waals surface area contributed by atoms with Crippen molar-refractivity contribution < 1.29 is 13.9 Å². The summed E-state index contributed by atoms with van der Waals surface area (Å²) < 4.78 is 21.0. The van der Waals surface area contributed by atoms with Gasteiger partial charge < -0.3 is 15.0 Å². The lowest BCUT2D eigenvalue weighted by molar-refractivity contribution is -0.0593. The molecule has 2 bridgehead atoms. The number of aromatic nitrogens is 2. The second-order valence-electron chi connectivity index (χ2n) is 10.5. The Hall–Kier alpha value is -2.84. The van der Waals surface area contributed by atoms with Gasteiger partial charge in [-0.1, -0.05) is 19.1 Å². The summed E-state index contributed by atoms with van der Waals surface area (Å²) >= 11 is 0. The fourth-order valence-corrected chi connectivity index (χ4v) is 5.84. The SMILES string of the molecule is CC1CCC1OC1C=c2c(Cc3ccc(F)c(C(=O)N4CC5CCC4CN5)c3)n[nH]c(=O)c2=CC1. The molecule has 4 fully saturated rings. The van der Waals surface area contributed by atoms with Crippen LogP contribution in [0.2, 0.25) is 0 Å². The summed E-state index contributed by atoms with van der Waals surface area (Å²) in [7, 11) is 0. The topological polar surface area (TPSA) is 87.3 Å². The monoisotopic (exact) mass is 478 g/mol. The average Bonchev–Trinajstić information content (AvgIpc) is 2.89. The van der Waals surface area contributed by atoms with Crippen molar-refractivity contribution >= 4 is 18.1 Å². The van der Waals surface area contributed by atoms with Crippen molar-refractivity contribution in [2.24, 2.45) is 5.92 Å². The van der Waals surface area contributed by atoms with Gasteiger partial charge in [0.05, 0.1) is 23.5 Å². The Kier molecular flexibility index (Phi) is 5.81. The van der Waals surface area contributed by atoms with Crippen molar-refractivity contribution in [3.8, 4) is 0 Å². The molecule has 0 spiro atoms. The van der Waals surface area contributed by atoms with E-state index in [0.29, 0.717) is 36.2 Å². The van der Waals surface area contributed by atoms with Crippen LogP contribution in [0.5, 0.6) is 0 Å². The largest absolute Gasteiger partial charge is 0.370 e. The number of piperidine rings is 2. The van der Waals surface area contributed by atoms with Crippen LogP contribution in [0.25, 0.3) is 12.2 Å². The standard InChI is InChI=1S/C27H31FN4O3/c1-15-2-9-25(15)35-19-6-7-20-21(12-19)24(30-31-26(20)33)11-16-3-8-23(28)22(10-16)27(34)32-14-17-4-5-18(32)13-29-17/h3,7-8,10,12,15,17-19,25,29H,2,4-6,9,11,13-14H2,1H3,(H,31,33). The number of benzene rings is 1. The number of halogens is 1. The lowest BCUT2D eigenvalue weighted by Crippen LogP contribution is -2.62. The Morgan fingerprint density at radius 1 is 1.23 bits per heavy atom. The molecule has 3 aliphatic heterocycles. The number of ether oxygens (including phenoxy) is 1. The van der Waals surface area contributed by atoms with Gasteiger partial charge in [-0.15, -0.1) is 0 Å². The number of amides is 1. The summed E-state index contributed by atoms with van der Waals surface area (Å²) in [6.07, 6.45) is 9.39. The second-order valence-corrected chi connectivity index (χ2v) is 10.5. The highest BCUT2D eigenvalue weighted by atomic mass is 19.1. The van der Waals surface area contributed by atoms with Crippen molar-refractivity contribution in [3.05, 3.63) is 61.6 Å². The van der Waals surface area contributed by atoms with Crippen LogP contribution in [0.1, 0.15) is 60.6 Å². The van der Waals surface area contributed by atoms with Crippen molar-refractivity contribution in [1.29, 1.82) is 0 Å². The number of nitrogens with one attached hydrogen (secondary N) is 2. The number of carbonyl (C=O) groups is 1. The Morgan fingerprint density at radius 3 is 2.80 bits per heavy atom. The van der Waals surface area contributed by atoms with Crippen molar-refractivity contribution in [3.63, 3.8) is 0 Å². The number of nitrogens with zero attached hydrogens (tertiary/aromatic N) is 2. The predicted molar refractivity (Wildman–Crippen MR) is 130 cm³/mol. The first kappa shape index (κ1) is 22.6. The minimum absolute atomic E-state index is 0.0916. The van der Waals surface area contributed by atoms with E-state index in [-0.39, 0.29) is 41.3 Å². The normalized spacial score (nSPS) is 29.1. The van der Waals surface area contributed by atoms with E-state index < -0.39 is 5.82 Å². The van der Waals surface area contributed by atoms with Crippen LogP contribution >= 0.6 is 0 Å². The van der Waals surface area contributed by atoms with Crippen LogP contribution in [-0.2, 0) is 11.2 Å². The van der Waals surface area contributed by atoms with Gasteiger partial charge in [0.15, 0.2) is 0 Å². The number of hydrogen-bond acceptors (Lipinski definition) is 5. The van der Waals surface area contributed by atoms with Gasteiger partial charge in [-0.2, -0.15) is 5.10 Å². The van der Waals surface area contributed by atoms with E-state index in [4.69, 9.17) is 4.74 Å². The number of fused-ring (bicyclic) bond motifs is 4. The third-order valence-corrected chi connectivity index (χ3v) is 8.18. The van der Waals surface area contributed by atoms with Crippen LogP contribution in [0.15, 0.2) is 23.0 Å². The van der Waals surface area contributed by atoms with Crippen molar-refractivity contribution in [1.82, 2.24) is 20.4 Å². The molecule has 3 saturated heterocycles. The molecule has 5 aliphatic rings. The fraction of sp³-hybridized carbons (Fsp3) is 0.519. The molecule has 4 heterocycles. The second kappa shape index (κ2) is 8.99. The number of carbonyl (C=O) groups excluding carboxylic acids is 1. The van der Waals surface area contributed by atoms with E-state index in [9.17, 15) is 14.0 Å². The summed E-state index contributed by atoms with van der Waals surface area (Å²) in [6, 6.07) is 5.09. The number of H-pyrrole nitrogens is 1. The lowest BCUT2D eigenvalue weighted by atomic mass is 9.83. The number of aromatic amines is 1. The average molecular weight is 479 g/mol. The Morgan fingerprint density at radius 2 is 2.11 bits per heavy atom. The van der Waals surface area contributed by atoms with Gasteiger partial charge in [0.25, 0.3) is 11.5 Å². The maximum absolute atomic E-state index is 14.8. The van der Waals surface area contributed by atoms with Crippen molar-refractivity contribution in [2.45, 2.75) is 69.7 Å². The zero-order valence-electron chi connectivity index (χ0n) is 19.9. The summed E-state index contributed by atoms with van der Waals surface area (Å²) in [5.41, 5.74) is 1.35. The van der Waals surface area contributed by atoms with Crippen LogP contribution in [0, 0.1) is 11.7 Å². The molecule has 35 heavy (non-hydrogen) atoms. The maximum atomic E-state index is 14.8. The summed E-state index contributed by atoms with van der Waals surface area (Å²) in [5, 5.41) is 11.7. The first-order chi connectivity index (χ1) is 17.0. The van der Waals surface area contributed by atoms with Crippen LogP contribution in [0.3, 0.4) is 0 Å². The Labute approximate surface area is 203 Å². The van der Waals surface area contributed by atoms with Crippen LogP contribution in [0.4, 0.5) is 4.39 Å². The van der Waals surface area contributed by atoms with Gasteiger partial charge in [0.2, 0.25) is 0 Å². The minimum Gasteiger partial charge on any atom is -0.370 e. The molecule has 7 nitrogen and oxygen atoms in total. The number of rotatable bonds is 5. The Bertz CT molecular complexity index is 1330. The molecule has 184 valence electrons. The van der Waals surface area contributed by atoms with Crippen LogP contribution in [-0.4, -0.2) is 58.4 Å². The zero-order chi connectivity index (χ0) is 24.1. The first-order valence-corrected chi connectivity index (χ1v) is 12.7. The molecule has 0 radical (unpaired) electrons. The molecular weight excluding hydrogens is 447 g/mol. The highest BCUT2D eigenvalue weighted by molar-refractivity contribution is 5.95. The summed E-state index contributed by atoms with van der Waals surface area (Å²) in [5.74, 6) is -0.199. The van der Waals surface area contributed by atoms with E-state index in [1.807, 2.05) is 17.1 Å². The highest BCUT2D eigenvalue weighted by Gasteiger charge is 2.37.